The van der Waals surface area contributed by atoms with Gasteiger partial charge < -0.3 is 4.74 Å². The van der Waals surface area contributed by atoms with Crippen LogP contribution in [-0.4, -0.2) is 11.3 Å². The molecule has 0 heterocycles. The first-order chi connectivity index (χ1) is 7.20. The minimum absolute atomic E-state index is 0.298. The molecule has 88 valence electrons. The van der Waals surface area contributed by atoms with Crippen molar-refractivity contribution in [3.63, 3.8) is 0 Å². The zero-order valence-electron chi connectivity index (χ0n) is 7.84. The molecule has 0 saturated carbocycles. The lowest BCUT2D eigenvalue weighted by molar-refractivity contribution is -0.385. The molecular weight excluding hydrogens is 234 g/mol. The van der Waals surface area contributed by atoms with Gasteiger partial charge in [0, 0.05) is 6.07 Å². The van der Waals surface area contributed by atoms with Gasteiger partial charge in [0.25, 0.3) is 5.69 Å². The van der Waals surface area contributed by atoms with Crippen molar-refractivity contribution in [3.05, 3.63) is 33.6 Å². The Morgan fingerprint density at radius 1 is 1.38 bits per heavy atom. The van der Waals surface area contributed by atoms with Crippen molar-refractivity contribution in [1.29, 1.82) is 0 Å². The lowest BCUT2D eigenvalue weighted by Crippen LogP contribution is -2.18. The number of nitrogens with zero attached hydrogens (tertiary/aromatic N) is 1. The summed E-state index contributed by atoms with van der Waals surface area (Å²) in [5, 5.41) is 10.3. The highest BCUT2D eigenvalue weighted by Crippen LogP contribution is 2.31. The average Bonchev–Trinajstić information content (AvgIpc) is 2.10. The lowest BCUT2D eigenvalue weighted by Gasteiger charge is -2.10. The first-order valence-corrected chi connectivity index (χ1v) is 3.91. The average molecular weight is 239 g/mol. The highest BCUT2D eigenvalue weighted by molar-refractivity contribution is 5.43. The van der Waals surface area contributed by atoms with Crippen molar-refractivity contribution in [3.8, 4) is 5.75 Å². The number of ether oxygens (including phenoxy) is 1. The number of non-ortho nitro benzene ring substituents is 1. The van der Waals surface area contributed by atoms with E-state index in [1.165, 1.54) is 0 Å². The summed E-state index contributed by atoms with van der Waals surface area (Å²) in [6, 6.07) is 1.20. The molecule has 8 heteroatoms. The van der Waals surface area contributed by atoms with Crippen LogP contribution in [-0.2, 0) is 0 Å². The summed E-state index contributed by atoms with van der Waals surface area (Å²) in [5.41, 5.74) is -0.966. The summed E-state index contributed by atoms with van der Waals surface area (Å²) < 4.78 is 51.9. The Bertz CT molecular complexity index is 430. The van der Waals surface area contributed by atoms with Crippen molar-refractivity contribution in [2.45, 2.75) is 13.3 Å². The van der Waals surface area contributed by atoms with Crippen molar-refractivity contribution in [2.24, 2.45) is 0 Å². The molecular formula is C8H5F4NO3. The van der Waals surface area contributed by atoms with Crippen LogP contribution in [0.4, 0.5) is 23.2 Å². The van der Waals surface area contributed by atoms with Gasteiger partial charge in [0.05, 0.1) is 11.0 Å². The molecule has 1 rings (SSSR count). The van der Waals surface area contributed by atoms with Gasteiger partial charge in [0.1, 0.15) is 0 Å². The van der Waals surface area contributed by atoms with E-state index in [0.717, 1.165) is 13.0 Å². The Kier molecular flexibility index (Phi) is 3.02. The molecule has 4 nitrogen and oxygen atoms in total. The minimum Gasteiger partial charge on any atom is -0.402 e. The van der Waals surface area contributed by atoms with Crippen molar-refractivity contribution in [2.75, 3.05) is 0 Å². The molecule has 0 amide bonds. The van der Waals surface area contributed by atoms with Gasteiger partial charge in [0.2, 0.25) is 0 Å². The predicted molar refractivity (Wildman–Crippen MR) is 44.5 cm³/mol. The van der Waals surface area contributed by atoms with Gasteiger partial charge >= 0.3 is 6.36 Å². The maximum absolute atomic E-state index is 13.1. The molecule has 0 aliphatic carbocycles. The standard InChI is InChI=1S/C8H5F4NO3/c1-4-2-5(13(14)15)3-6(7(4)9)16-8(10,11)12/h2-3H,1H3. The van der Waals surface area contributed by atoms with Gasteiger partial charge in [-0.2, -0.15) is 0 Å². The van der Waals surface area contributed by atoms with Gasteiger partial charge in [-0.05, 0) is 12.5 Å². The summed E-state index contributed by atoms with van der Waals surface area (Å²) in [7, 11) is 0. The zero-order chi connectivity index (χ0) is 12.5. The van der Waals surface area contributed by atoms with Crippen LogP contribution < -0.4 is 4.74 Å². The number of hydrogen-bond acceptors (Lipinski definition) is 3. The van der Waals surface area contributed by atoms with Crippen molar-refractivity contribution >= 4 is 5.69 Å². The molecule has 0 atom stereocenters. The van der Waals surface area contributed by atoms with E-state index in [9.17, 15) is 27.7 Å². The van der Waals surface area contributed by atoms with Crippen LogP contribution in [0.3, 0.4) is 0 Å². The number of aryl methyl sites for hydroxylation is 1. The van der Waals surface area contributed by atoms with E-state index in [1.54, 1.807) is 0 Å². The third-order valence-electron chi connectivity index (χ3n) is 1.64. The number of nitro benzene ring substituents is 1. The highest BCUT2D eigenvalue weighted by atomic mass is 19.4. The summed E-state index contributed by atoms with van der Waals surface area (Å²) in [6.45, 7) is 1.10. The SMILES string of the molecule is Cc1cc([N+](=O)[O-])cc(OC(F)(F)F)c1F. The molecule has 0 aromatic heterocycles. The fraction of sp³-hybridized carbons (Fsp3) is 0.250. The minimum atomic E-state index is -5.09. The van der Waals surface area contributed by atoms with E-state index >= 15 is 0 Å². The van der Waals surface area contributed by atoms with E-state index in [1.807, 2.05) is 0 Å². The number of alkyl halides is 3. The molecule has 0 aliphatic heterocycles. The van der Waals surface area contributed by atoms with Crippen LogP contribution in [0.25, 0.3) is 0 Å². The van der Waals surface area contributed by atoms with E-state index in [0.29, 0.717) is 6.07 Å². The molecule has 0 spiro atoms. The fourth-order valence-electron chi connectivity index (χ4n) is 1.02. The highest BCUT2D eigenvalue weighted by Gasteiger charge is 2.33. The Balaban J connectivity index is 3.22. The maximum Gasteiger partial charge on any atom is 0.573 e. The van der Waals surface area contributed by atoms with E-state index < -0.39 is 28.5 Å². The van der Waals surface area contributed by atoms with Gasteiger partial charge in [-0.25, -0.2) is 4.39 Å². The lowest BCUT2D eigenvalue weighted by atomic mass is 10.2. The molecule has 16 heavy (non-hydrogen) atoms. The fourth-order valence-corrected chi connectivity index (χ4v) is 1.02. The summed E-state index contributed by atoms with van der Waals surface area (Å²) in [6.07, 6.45) is -5.09. The van der Waals surface area contributed by atoms with Gasteiger partial charge in [-0.15, -0.1) is 13.2 Å². The topological polar surface area (TPSA) is 52.4 Å². The molecule has 0 fully saturated rings. The zero-order valence-corrected chi connectivity index (χ0v) is 7.84. The van der Waals surface area contributed by atoms with Crippen LogP contribution in [0.15, 0.2) is 12.1 Å². The number of hydrogen-bond donors (Lipinski definition) is 0. The monoisotopic (exact) mass is 239 g/mol. The largest absolute Gasteiger partial charge is 0.573 e. The third-order valence-corrected chi connectivity index (χ3v) is 1.64. The van der Waals surface area contributed by atoms with Crippen molar-refractivity contribution < 1.29 is 27.2 Å². The Hall–Kier alpha value is -1.86. The van der Waals surface area contributed by atoms with Crippen LogP contribution in [0.2, 0.25) is 0 Å². The molecule has 0 aliphatic rings. The van der Waals surface area contributed by atoms with E-state index in [4.69, 9.17) is 0 Å². The normalized spacial score (nSPS) is 11.3. The molecule has 0 saturated heterocycles. The third kappa shape index (κ3) is 2.81. The maximum atomic E-state index is 13.1. The molecule has 1 aromatic rings. The number of rotatable bonds is 2. The molecule has 0 unspecified atom stereocenters. The van der Waals surface area contributed by atoms with Crippen LogP contribution in [0.5, 0.6) is 5.75 Å². The van der Waals surface area contributed by atoms with E-state index in [-0.39, 0.29) is 5.56 Å². The summed E-state index contributed by atoms with van der Waals surface area (Å²) in [5.74, 6) is -2.48. The Morgan fingerprint density at radius 3 is 2.38 bits per heavy atom. The number of nitro groups is 1. The smallest absolute Gasteiger partial charge is 0.402 e. The van der Waals surface area contributed by atoms with E-state index in [2.05, 4.69) is 4.74 Å². The second-order valence-electron chi connectivity index (χ2n) is 2.88. The number of benzene rings is 1. The van der Waals surface area contributed by atoms with Crippen LogP contribution in [0, 0.1) is 22.9 Å². The second kappa shape index (κ2) is 3.95. The Labute approximate surface area is 86.6 Å². The second-order valence-corrected chi connectivity index (χ2v) is 2.88. The van der Waals surface area contributed by atoms with Gasteiger partial charge in [0.15, 0.2) is 11.6 Å². The Morgan fingerprint density at radius 2 is 1.94 bits per heavy atom. The predicted octanol–water partition coefficient (Wildman–Crippen LogP) is 2.94. The number of halogens is 4. The quantitative estimate of drug-likeness (QED) is 0.453. The van der Waals surface area contributed by atoms with Crippen molar-refractivity contribution in [1.82, 2.24) is 0 Å². The molecule has 0 radical (unpaired) electrons. The molecule has 0 N–H and O–H groups in total. The van der Waals surface area contributed by atoms with Gasteiger partial charge in [-0.3, -0.25) is 10.1 Å². The molecule has 1 aromatic carbocycles. The first-order valence-electron chi connectivity index (χ1n) is 3.91. The van der Waals surface area contributed by atoms with Gasteiger partial charge in [-0.1, -0.05) is 0 Å². The first kappa shape index (κ1) is 12.2. The van der Waals surface area contributed by atoms with Crippen LogP contribution >= 0.6 is 0 Å². The summed E-state index contributed by atoms with van der Waals surface area (Å²) >= 11 is 0. The summed E-state index contributed by atoms with van der Waals surface area (Å²) in [4.78, 5) is 9.39. The molecule has 0 bridgehead atoms. The van der Waals surface area contributed by atoms with Crippen LogP contribution in [0.1, 0.15) is 5.56 Å².